The Balaban J connectivity index is 4.37. The maximum absolute atomic E-state index is 11.4. The normalized spacial score (nSPS) is 13.1. The van der Waals surface area contributed by atoms with Gasteiger partial charge in [0.15, 0.2) is 0 Å². The number of methoxy groups -OCH3 is 1. The summed E-state index contributed by atoms with van der Waals surface area (Å²) >= 11 is 0. The summed E-state index contributed by atoms with van der Waals surface area (Å²) in [7, 11) is 1.49. The molecule has 0 aliphatic heterocycles. The average Bonchev–Trinajstić information content (AvgIpc) is 2.22. The van der Waals surface area contributed by atoms with Crippen LogP contribution in [-0.2, 0) is 14.3 Å². The number of esters is 1. The van der Waals surface area contributed by atoms with Gasteiger partial charge >= 0.3 is 5.97 Å². The molecule has 14 heavy (non-hydrogen) atoms. The van der Waals surface area contributed by atoms with E-state index in [2.05, 4.69) is 13.2 Å². The fraction of sp³-hybridized carbons (Fsp3) is 0.364. The van der Waals surface area contributed by atoms with Crippen LogP contribution in [0.1, 0.15) is 13.3 Å². The highest BCUT2D eigenvalue weighted by Gasteiger charge is 2.13. The highest BCUT2D eigenvalue weighted by Crippen LogP contribution is 2.05. The van der Waals surface area contributed by atoms with Gasteiger partial charge in [-0.3, -0.25) is 0 Å². The van der Waals surface area contributed by atoms with Crippen LogP contribution in [0, 0.1) is 0 Å². The van der Waals surface area contributed by atoms with Crippen LogP contribution in [0.5, 0.6) is 0 Å². The Labute approximate surface area is 84.7 Å². The van der Waals surface area contributed by atoms with Crippen molar-refractivity contribution in [3.8, 4) is 0 Å². The molecule has 0 amide bonds. The Hall–Kier alpha value is -1.35. The zero-order valence-electron chi connectivity index (χ0n) is 8.66. The van der Waals surface area contributed by atoms with Crippen LogP contribution >= 0.6 is 0 Å². The summed E-state index contributed by atoms with van der Waals surface area (Å²) in [5.41, 5.74) is 0.371. The summed E-state index contributed by atoms with van der Waals surface area (Å²) in [6.45, 7) is 8.86. The van der Waals surface area contributed by atoms with Crippen molar-refractivity contribution in [2.75, 3.05) is 7.11 Å². The van der Waals surface area contributed by atoms with E-state index in [1.54, 1.807) is 0 Å². The van der Waals surface area contributed by atoms with Gasteiger partial charge in [0, 0.05) is 13.5 Å². The van der Waals surface area contributed by atoms with Crippen molar-refractivity contribution < 1.29 is 14.3 Å². The number of carbonyl (C=O) groups excluding carboxylic acids is 1. The van der Waals surface area contributed by atoms with E-state index in [4.69, 9.17) is 9.47 Å². The minimum Gasteiger partial charge on any atom is -0.432 e. The van der Waals surface area contributed by atoms with Gasteiger partial charge in [-0.1, -0.05) is 32.2 Å². The Bertz CT molecular complexity index is 237. The molecule has 1 unspecified atom stereocenters. The first-order valence-electron chi connectivity index (χ1n) is 4.38. The van der Waals surface area contributed by atoms with Gasteiger partial charge in [-0.2, -0.15) is 0 Å². The number of carbonyl (C=O) groups is 1. The smallest absolute Gasteiger partial charge is 0.340 e. The molecule has 0 aromatic heterocycles. The minimum atomic E-state index is -0.504. The third kappa shape index (κ3) is 4.05. The molecule has 0 aromatic carbocycles. The van der Waals surface area contributed by atoms with E-state index >= 15 is 0 Å². The van der Waals surface area contributed by atoms with Crippen molar-refractivity contribution in [1.82, 2.24) is 0 Å². The van der Waals surface area contributed by atoms with Crippen molar-refractivity contribution >= 4 is 5.97 Å². The zero-order chi connectivity index (χ0) is 11.0. The minimum absolute atomic E-state index is 0.371. The molecule has 0 saturated carbocycles. The van der Waals surface area contributed by atoms with Crippen LogP contribution in [0.15, 0.2) is 37.0 Å². The highest BCUT2D eigenvalue weighted by molar-refractivity contribution is 5.91. The third-order valence-corrected chi connectivity index (χ3v) is 1.59. The monoisotopic (exact) mass is 196 g/mol. The molecule has 3 nitrogen and oxygen atoms in total. The standard InChI is InChI=1S/C11H16O3/c1-5-8-9(6-2)11(12)14-10(7-3)13-4/h5-6,8,10H,1-2,7H2,3-4H3/b9-8+. The fourth-order valence-electron chi connectivity index (χ4n) is 0.832. The third-order valence-electron chi connectivity index (χ3n) is 1.59. The molecule has 0 aliphatic rings. The molecule has 1 atom stereocenters. The van der Waals surface area contributed by atoms with Gasteiger partial charge in [0.25, 0.3) is 0 Å². The Morgan fingerprint density at radius 3 is 2.50 bits per heavy atom. The lowest BCUT2D eigenvalue weighted by Gasteiger charge is -2.13. The summed E-state index contributed by atoms with van der Waals surface area (Å²) in [6.07, 6.45) is 4.58. The van der Waals surface area contributed by atoms with E-state index in [0.29, 0.717) is 12.0 Å². The maximum Gasteiger partial charge on any atom is 0.340 e. The Morgan fingerprint density at radius 2 is 2.14 bits per heavy atom. The molecular formula is C11H16O3. The lowest BCUT2D eigenvalue weighted by Crippen LogP contribution is -2.19. The molecule has 0 aliphatic carbocycles. The van der Waals surface area contributed by atoms with E-state index in [-0.39, 0.29) is 0 Å². The predicted octanol–water partition coefficient (Wildman–Crippen LogP) is 2.21. The molecule has 0 radical (unpaired) electrons. The molecular weight excluding hydrogens is 180 g/mol. The van der Waals surface area contributed by atoms with Crippen molar-refractivity contribution in [3.63, 3.8) is 0 Å². The first-order chi connectivity index (χ1) is 6.69. The van der Waals surface area contributed by atoms with Crippen LogP contribution in [0.2, 0.25) is 0 Å². The molecule has 0 N–H and O–H groups in total. The second kappa shape index (κ2) is 7.09. The number of hydrogen-bond donors (Lipinski definition) is 0. The van der Waals surface area contributed by atoms with E-state index in [9.17, 15) is 4.79 Å². The average molecular weight is 196 g/mol. The van der Waals surface area contributed by atoms with Crippen LogP contribution in [0.25, 0.3) is 0 Å². The van der Waals surface area contributed by atoms with Crippen molar-refractivity contribution in [1.29, 1.82) is 0 Å². The van der Waals surface area contributed by atoms with Gasteiger partial charge < -0.3 is 9.47 Å². The predicted molar refractivity (Wildman–Crippen MR) is 55.7 cm³/mol. The van der Waals surface area contributed by atoms with Crippen LogP contribution < -0.4 is 0 Å². The van der Waals surface area contributed by atoms with Gasteiger partial charge in [-0.25, -0.2) is 4.79 Å². The summed E-state index contributed by atoms with van der Waals surface area (Å²) in [5.74, 6) is -0.450. The number of rotatable bonds is 6. The molecule has 0 rings (SSSR count). The first kappa shape index (κ1) is 12.7. The second-order valence-corrected chi connectivity index (χ2v) is 2.54. The quantitative estimate of drug-likeness (QED) is 0.283. The van der Waals surface area contributed by atoms with Crippen molar-refractivity contribution in [3.05, 3.63) is 37.0 Å². The summed E-state index contributed by atoms with van der Waals surface area (Å²) in [4.78, 5) is 11.4. The number of ether oxygens (including phenoxy) is 2. The molecule has 0 bridgehead atoms. The largest absolute Gasteiger partial charge is 0.432 e. The Kier molecular flexibility index (Phi) is 6.41. The van der Waals surface area contributed by atoms with Gasteiger partial charge in [0.1, 0.15) is 0 Å². The van der Waals surface area contributed by atoms with E-state index < -0.39 is 12.3 Å². The summed E-state index contributed by atoms with van der Waals surface area (Å²) in [6, 6.07) is 0. The van der Waals surface area contributed by atoms with Crippen LogP contribution in [0.4, 0.5) is 0 Å². The molecule has 0 saturated heterocycles. The summed E-state index contributed by atoms with van der Waals surface area (Å²) < 4.78 is 9.92. The lowest BCUT2D eigenvalue weighted by molar-refractivity contribution is -0.168. The molecule has 0 aromatic rings. The summed E-state index contributed by atoms with van der Waals surface area (Å²) in [5, 5.41) is 0. The van der Waals surface area contributed by atoms with Crippen molar-refractivity contribution in [2.45, 2.75) is 19.6 Å². The van der Waals surface area contributed by atoms with Gasteiger partial charge in [0.05, 0.1) is 5.57 Å². The van der Waals surface area contributed by atoms with Gasteiger partial charge in [0.2, 0.25) is 6.29 Å². The lowest BCUT2D eigenvalue weighted by atomic mass is 10.2. The first-order valence-corrected chi connectivity index (χ1v) is 4.38. The highest BCUT2D eigenvalue weighted by atomic mass is 16.7. The Morgan fingerprint density at radius 1 is 1.50 bits per heavy atom. The van der Waals surface area contributed by atoms with Crippen LogP contribution in [0.3, 0.4) is 0 Å². The number of hydrogen-bond acceptors (Lipinski definition) is 3. The molecule has 0 spiro atoms. The maximum atomic E-state index is 11.4. The van der Waals surface area contributed by atoms with E-state index in [1.165, 1.54) is 25.3 Å². The van der Waals surface area contributed by atoms with E-state index in [0.717, 1.165) is 0 Å². The van der Waals surface area contributed by atoms with Crippen LogP contribution in [-0.4, -0.2) is 19.4 Å². The fourth-order valence-corrected chi connectivity index (χ4v) is 0.832. The molecule has 3 heteroatoms. The topological polar surface area (TPSA) is 35.5 Å². The second-order valence-electron chi connectivity index (χ2n) is 2.54. The van der Waals surface area contributed by atoms with Gasteiger partial charge in [-0.15, -0.1) is 0 Å². The van der Waals surface area contributed by atoms with Gasteiger partial charge in [-0.05, 0) is 6.08 Å². The van der Waals surface area contributed by atoms with Crippen molar-refractivity contribution in [2.24, 2.45) is 0 Å². The zero-order valence-corrected chi connectivity index (χ0v) is 8.66. The number of allylic oxidation sites excluding steroid dienone is 2. The molecule has 0 fully saturated rings. The van der Waals surface area contributed by atoms with E-state index in [1.807, 2.05) is 6.92 Å². The molecule has 0 heterocycles. The SMILES string of the molecule is C=C/C=C(\C=C)C(=O)OC(CC)OC. The molecule has 78 valence electrons.